The van der Waals surface area contributed by atoms with E-state index in [-0.39, 0.29) is 17.2 Å². The molecular formula is C29H35F2N9O. The first-order valence-corrected chi connectivity index (χ1v) is 13.9. The van der Waals surface area contributed by atoms with Crippen LogP contribution >= 0.6 is 0 Å². The largest absolute Gasteiger partial charge is 0.365 e. The van der Waals surface area contributed by atoms with Crippen LogP contribution in [0.4, 0.5) is 20.5 Å². The van der Waals surface area contributed by atoms with E-state index in [0.29, 0.717) is 42.5 Å². The van der Waals surface area contributed by atoms with E-state index in [2.05, 4.69) is 25.2 Å². The van der Waals surface area contributed by atoms with Crippen LogP contribution < -0.4 is 5.32 Å². The standard InChI is InChI=1S/C29H35F2N9O/c1-17-33-27-21(30)13-19(14-24(27)40(17)20-6-7-20)26-22(31)15-32-28(36-26)35-25-8-5-18-16-39(10-9-23(18)34-25)29(41)38(4)12-11-37(2)3/h5,8,13-15,20,29,41H,6-7,9-12,16H2,1-4H3,(H,32,34,35,36). The summed E-state index contributed by atoms with van der Waals surface area (Å²) in [7, 11) is 5.94. The number of nitrogens with one attached hydrogen (secondary N) is 1. The molecule has 0 spiro atoms. The maximum absolute atomic E-state index is 15.0. The maximum atomic E-state index is 15.0. The van der Waals surface area contributed by atoms with Gasteiger partial charge in [-0.2, -0.15) is 0 Å². The van der Waals surface area contributed by atoms with Gasteiger partial charge in [-0.3, -0.25) is 9.80 Å². The number of aliphatic hydroxyl groups is 1. The van der Waals surface area contributed by atoms with Crippen LogP contribution in [-0.2, 0) is 13.0 Å². The number of pyridine rings is 1. The second-order valence-corrected chi connectivity index (χ2v) is 11.3. The monoisotopic (exact) mass is 563 g/mol. The van der Waals surface area contributed by atoms with Gasteiger partial charge in [0.25, 0.3) is 0 Å². The van der Waals surface area contributed by atoms with Crippen LogP contribution in [-0.4, -0.2) is 91.4 Å². The lowest BCUT2D eigenvalue weighted by molar-refractivity contribution is -0.109. The number of halogens is 2. The first-order chi connectivity index (χ1) is 19.7. The van der Waals surface area contributed by atoms with Crippen molar-refractivity contribution in [3.05, 3.63) is 59.2 Å². The Hall–Kier alpha value is -3.58. The highest BCUT2D eigenvalue weighted by atomic mass is 19.1. The summed E-state index contributed by atoms with van der Waals surface area (Å²) in [5, 5.41) is 13.9. The second-order valence-electron chi connectivity index (χ2n) is 11.3. The molecule has 1 unspecified atom stereocenters. The number of aryl methyl sites for hydroxylation is 1. The maximum Gasteiger partial charge on any atom is 0.229 e. The summed E-state index contributed by atoms with van der Waals surface area (Å²) in [6.45, 7) is 4.72. The average molecular weight is 564 g/mol. The molecule has 1 aliphatic carbocycles. The van der Waals surface area contributed by atoms with E-state index in [9.17, 15) is 9.50 Å². The molecule has 1 saturated carbocycles. The molecule has 216 valence electrons. The molecule has 1 aliphatic heterocycles. The van der Waals surface area contributed by atoms with Crippen molar-refractivity contribution in [1.82, 2.24) is 39.2 Å². The zero-order valence-electron chi connectivity index (χ0n) is 23.8. The van der Waals surface area contributed by atoms with Gasteiger partial charge in [-0.15, -0.1) is 0 Å². The Morgan fingerprint density at radius 2 is 1.88 bits per heavy atom. The van der Waals surface area contributed by atoms with Gasteiger partial charge in [0.1, 0.15) is 22.9 Å². The van der Waals surface area contributed by atoms with Crippen molar-refractivity contribution < 1.29 is 13.9 Å². The predicted molar refractivity (Wildman–Crippen MR) is 153 cm³/mol. The van der Waals surface area contributed by atoms with E-state index < -0.39 is 18.0 Å². The van der Waals surface area contributed by atoms with E-state index in [4.69, 9.17) is 4.98 Å². The van der Waals surface area contributed by atoms with Crippen molar-refractivity contribution >= 4 is 22.8 Å². The lowest BCUT2D eigenvalue weighted by Crippen LogP contribution is -2.50. The SMILES string of the molecule is Cc1nc2c(F)cc(-c3nc(Nc4ccc5c(n4)CCN(C(O)N(C)CCN(C)C)C5)ncc3F)cc2n1C1CC1. The van der Waals surface area contributed by atoms with Gasteiger partial charge >= 0.3 is 0 Å². The first kappa shape index (κ1) is 27.6. The number of likely N-dealkylation sites (N-methyl/N-ethyl adjacent to an activating group) is 2. The number of anilines is 2. The Kier molecular flexibility index (Phi) is 7.41. The molecule has 0 radical (unpaired) electrons. The molecule has 1 aromatic carbocycles. The molecule has 0 bridgehead atoms. The summed E-state index contributed by atoms with van der Waals surface area (Å²) in [5.41, 5.74) is 3.22. The summed E-state index contributed by atoms with van der Waals surface area (Å²) in [5.74, 6) is 0.290. The molecule has 10 nitrogen and oxygen atoms in total. The van der Waals surface area contributed by atoms with E-state index in [1.165, 1.54) is 6.07 Å². The molecule has 4 heterocycles. The van der Waals surface area contributed by atoms with Gasteiger partial charge in [-0.05, 0) is 64.7 Å². The zero-order valence-corrected chi connectivity index (χ0v) is 23.8. The number of rotatable bonds is 9. The third-order valence-electron chi connectivity index (χ3n) is 7.79. The smallest absolute Gasteiger partial charge is 0.229 e. The third kappa shape index (κ3) is 5.65. The van der Waals surface area contributed by atoms with Crippen molar-refractivity contribution in [1.29, 1.82) is 0 Å². The number of hydrogen-bond acceptors (Lipinski definition) is 9. The summed E-state index contributed by atoms with van der Waals surface area (Å²) < 4.78 is 32.0. The molecule has 3 aromatic heterocycles. The van der Waals surface area contributed by atoms with Crippen LogP contribution in [0.25, 0.3) is 22.3 Å². The van der Waals surface area contributed by atoms with Crippen LogP contribution in [0.1, 0.15) is 36.0 Å². The fourth-order valence-electron chi connectivity index (χ4n) is 5.40. The van der Waals surface area contributed by atoms with Gasteiger partial charge in [0.15, 0.2) is 18.0 Å². The first-order valence-electron chi connectivity index (χ1n) is 13.9. The number of imidazole rings is 1. The van der Waals surface area contributed by atoms with Crippen molar-refractivity contribution in [3.8, 4) is 11.3 Å². The van der Waals surface area contributed by atoms with Gasteiger partial charge in [0, 0.05) is 49.9 Å². The number of fused-ring (bicyclic) bond motifs is 2. The fraction of sp³-hybridized carbons (Fsp3) is 0.448. The molecule has 1 atom stereocenters. The predicted octanol–water partition coefficient (Wildman–Crippen LogP) is 3.68. The van der Waals surface area contributed by atoms with E-state index in [1.54, 1.807) is 6.07 Å². The molecule has 0 amide bonds. The van der Waals surface area contributed by atoms with E-state index in [0.717, 1.165) is 49.2 Å². The topological polar surface area (TPSA) is 98.5 Å². The minimum atomic E-state index is -0.678. The van der Waals surface area contributed by atoms with Crippen molar-refractivity contribution in [2.24, 2.45) is 0 Å². The molecule has 2 N–H and O–H groups in total. The minimum absolute atomic E-state index is 0.00507. The normalized spacial score (nSPS) is 16.5. The lowest BCUT2D eigenvalue weighted by atomic mass is 10.1. The second kappa shape index (κ2) is 11.0. The van der Waals surface area contributed by atoms with Gasteiger partial charge in [0.2, 0.25) is 5.95 Å². The molecule has 1 fully saturated rings. The summed E-state index contributed by atoms with van der Waals surface area (Å²) >= 11 is 0. The Morgan fingerprint density at radius 1 is 1.07 bits per heavy atom. The van der Waals surface area contributed by atoms with Crippen LogP contribution in [0.3, 0.4) is 0 Å². The van der Waals surface area contributed by atoms with Crippen LogP contribution in [0.2, 0.25) is 0 Å². The van der Waals surface area contributed by atoms with Crippen molar-refractivity contribution in [2.45, 2.75) is 45.1 Å². The molecule has 0 saturated heterocycles. The lowest BCUT2D eigenvalue weighted by Gasteiger charge is -2.37. The van der Waals surface area contributed by atoms with Crippen LogP contribution in [0.5, 0.6) is 0 Å². The van der Waals surface area contributed by atoms with Gasteiger partial charge < -0.3 is 19.9 Å². The van der Waals surface area contributed by atoms with Crippen LogP contribution in [0, 0.1) is 18.6 Å². The highest BCUT2D eigenvalue weighted by molar-refractivity contribution is 5.83. The minimum Gasteiger partial charge on any atom is -0.365 e. The number of aromatic nitrogens is 5. The Bertz CT molecular complexity index is 1590. The summed E-state index contributed by atoms with van der Waals surface area (Å²) in [4.78, 5) is 23.7. The molecular weight excluding hydrogens is 528 g/mol. The van der Waals surface area contributed by atoms with Crippen molar-refractivity contribution in [2.75, 3.05) is 46.1 Å². The highest BCUT2D eigenvalue weighted by Crippen LogP contribution is 2.40. The summed E-state index contributed by atoms with van der Waals surface area (Å²) in [6.07, 6.45) is 3.12. The molecule has 4 aromatic rings. The van der Waals surface area contributed by atoms with Gasteiger partial charge in [-0.1, -0.05) is 6.07 Å². The number of aliphatic hydroxyl groups excluding tert-OH is 1. The average Bonchev–Trinajstić information content (AvgIpc) is 3.73. The molecule has 12 heteroatoms. The van der Waals surface area contributed by atoms with E-state index >= 15 is 4.39 Å². The van der Waals surface area contributed by atoms with Gasteiger partial charge in [-0.25, -0.2) is 28.7 Å². The Balaban J connectivity index is 1.20. The quantitative estimate of drug-likeness (QED) is 0.296. The molecule has 6 rings (SSSR count). The third-order valence-corrected chi connectivity index (χ3v) is 7.79. The zero-order chi connectivity index (χ0) is 28.8. The van der Waals surface area contributed by atoms with E-state index in [1.807, 2.05) is 54.6 Å². The Morgan fingerprint density at radius 3 is 2.63 bits per heavy atom. The molecule has 2 aliphatic rings. The summed E-state index contributed by atoms with van der Waals surface area (Å²) in [6, 6.07) is 7.12. The highest BCUT2D eigenvalue weighted by Gasteiger charge is 2.29. The number of nitrogens with zero attached hydrogens (tertiary/aromatic N) is 8. The molecule has 41 heavy (non-hydrogen) atoms. The number of hydrogen-bond donors (Lipinski definition) is 2. The fourth-order valence-corrected chi connectivity index (χ4v) is 5.40. The van der Waals surface area contributed by atoms with Gasteiger partial charge in [0.05, 0.1) is 11.7 Å². The number of benzene rings is 1. The van der Waals surface area contributed by atoms with Crippen LogP contribution in [0.15, 0.2) is 30.5 Å². The Labute approximate surface area is 237 Å². The van der Waals surface area contributed by atoms with Crippen molar-refractivity contribution in [3.63, 3.8) is 0 Å².